The lowest BCUT2D eigenvalue weighted by Crippen LogP contribution is -2.24. The minimum Gasteiger partial charge on any atom is -0.497 e. The van der Waals surface area contributed by atoms with E-state index >= 15 is 0 Å². The number of aryl methyl sites for hydroxylation is 1. The maximum Gasteiger partial charge on any atom is 0.246 e. The smallest absolute Gasteiger partial charge is 0.246 e. The summed E-state index contributed by atoms with van der Waals surface area (Å²) in [5, 5.41) is 0. The summed E-state index contributed by atoms with van der Waals surface area (Å²) in [6.07, 6.45) is 3.29. The molecule has 0 fully saturated rings. The molecule has 0 heterocycles. The Morgan fingerprint density at radius 2 is 1.79 bits per heavy atom. The molecule has 4 nitrogen and oxygen atoms in total. The average molecular weight is 325 g/mol. The van der Waals surface area contributed by atoms with Crippen LogP contribution in [0.25, 0.3) is 6.08 Å². The standard InChI is InChI=1S/C20H23NO3/c1-15-5-7-16(8-6-15)14-21(2)20(22)12-9-17-13-18(23-3)10-11-19(17)24-4/h5-13H,14H2,1-4H3/b12-9+. The molecule has 2 rings (SSSR count). The molecule has 1 amide bonds. The van der Waals surface area contributed by atoms with E-state index in [1.54, 1.807) is 38.3 Å². The van der Waals surface area contributed by atoms with Gasteiger partial charge < -0.3 is 14.4 Å². The van der Waals surface area contributed by atoms with Crippen molar-refractivity contribution in [3.05, 3.63) is 65.2 Å². The zero-order valence-electron chi connectivity index (χ0n) is 14.6. The first-order chi connectivity index (χ1) is 11.5. The van der Waals surface area contributed by atoms with Gasteiger partial charge in [-0.15, -0.1) is 0 Å². The Balaban J connectivity index is 2.07. The predicted molar refractivity (Wildman–Crippen MR) is 96.2 cm³/mol. The lowest BCUT2D eigenvalue weighted by Gasteiger charge is -2.15. The Hall–Kier alpha value is -2.75. The molecule has 0 bridgehead atoms. The highest BCUT2D eigenvalue weighted by atomic mass is 16.5. The molecule has 0 atom stereocenters. The van der Waals surface area contributed by atoms with Gasteiger partial charge in [-0.25, -0.2) is 0 Å². The van der Waals surface area contributed by atoms with E-state index in [4.69, 9.17) is 9.47 Å². The van der Waals surface area contributed by atoms with Gasteiger partial charge >= 0.3 is 0 Å². The van der Waals surface area contributed by atoms with Crippen LogP contribution in [0.2, 0.25) is 0 Å². The quantitative estimate of drug-likeness (QED) is 0.761. The van der Waals surface area contributed by atoms with Gasteiger partial charge in [0.1, 0.15) is 11.5 Å². The molecule has 0 radical (unpaired) electrons. The van der Waals surface area contributed by atoms with Crippen molar-refractivity contribution in [2.75, 3.05) is 21.3 Å². The molecule has 0 aliphatic heterocycles. The van der Waals surface area contributed by atoms with Crippen molar-refractivity contribution >= 4 is 12.0 Å². The maximum atomic E-state index is 12.3. The van der Waals surface area contributed by atoms with Crippen LogP contribution in [0.4, 0.5) is 0 Å². The number of rotatable bonds is 6. The predicted octanol–water partition coefficient (Wildman–Crippen LogP) is 3.68. The molecule has 24 heavy (non-hydrogen) atoms. The van der Waals surface area contributed by atoms with Crippen LogP contribution < -0.4 is 9.47 Å². The van der Waals surface area contributed by atoms with Gasteiger partial charge in [0.05, 0.1) is 14.2 Å². The number of carbonyl (C=O) groups is 1. The molecule has 0 aromatic heterocycles. The van der Waals surface area contributed by atoms with E-state index < -0.39 is 0 Å². The zero-order valence-corrected chi connectivity index (χ0v) is 14.6. The van der Waals surface area contributed by atoms with Crippen LogP contribution in [0.1, 0.15) is 16.7 Å². The average Bonchev–Trinajstić information content (AvgIpc) is 2.61. The Labute approximate surface area is 143 Å². The lowest BCUT2D eigenvalue weighted by molar-refractivity contribution is -0.125. The first kappa shape index (κ1) is 17.6. The van der Waals surface area contributed by atoms with Gasteiger partial charge in [0, 0.05) is 25.2 Å². The lowest BCUT2D eigenvalue weighted by atomic mass is 10.1. The second-order valence-electron chi connectivity index (χ2n) is 5.62. The molecule has 0 unspecified atom stereocenters. The summed E-state index contributed by atoms with van der Waals surface area (Å²) in [5.41, 5.74) is 3.11. The Morgan fingerprint density at radius 3 is 2.42 bits per heavy atom. The number of nitrogens with zero attached hydrogens (tertiary/aromatic N) is 1. The first-order valence-electron chi connectivity index (χ1n) is 7.74. The second-order valence-corrected chi connectivity index (χ2v) is 5.62. The summed E-state index contributed by atoms with van der Waals surface area (Å²) in [6.45, 7) is 2.61. The third-order valence-electron chi connectivity index (χ3n) is 3.76. The number of amides is 1. The van der Waals surface area contributed by atoms with Gasteiger partial charge in [-0.3, -0.25) is 4.79 Å². The van der Waals surface area contributed by atoms with Crippen LogP contribution in [-0.4, -0.2) is 32.1 Å². The number of ether oxygens (including phenoxy) is 2. The van der Waals surface area contributed by atoms with Crippen molar-refractivity contribution in [3.63, 3.8) is 0 Å². The van der Waals surface area contributed by atoms with Crippen LogP contribution in [0.5, 0.6) is 11.5 Å². The Bertz CT molecular complexity index is 720. The summed E-state index contributed by atoms with van der Waals surface area (Å²) in [6, 6.07) is 13.6. The van der Waals surface area contributed by atoms with Gasteiger partial charge in [-0.1, -0.05) is 29.8 Å². The largest absolute Gasteiger partial charge is 0.497 e. The molecule has 4 heteroatoms. The normalized spacial score (nSPS) is 10.7. The first-order valence-corrected chi connectivity index (χ1v) is 7.74. The van der Waals surface area contributed by atoms with E-state index in [0.717, 1.165) is 16.9 Å². The summed E-state index contributed by atoms with van der Waals surface area (Å²) in [5.74, 6) is 1.34. The maximum absolute atomic E-state index is 12.3. The van der Waals surface area contributed by atoms with E-state index in [1.165, 1.54) is 5.56 Å². The number of likely N-dealkylation sites (N-methyl/N-ethyl adjacent to an activating group) is 1. The van der Waals surface area contributed by atoms with Crippen LogP contribution in [0.3, 0.4) is 0 Å². The molecule has 2 aromatic rings. The number of hydrogen-bond donors (Lipinski definition) is 0. The summed E-state index contributed by atoms with van der Waals surface area (Å²) in [7, 11) is 5.00. The van der Waals surface area contributed by atoms with Gasteiger partial charge in [-0.2, -0.15) is 0 Å². The third-order valence-corrected chi connectivity index (χ3v) is 3.76. The second kappa shape index (κ2) is 8.20. The third kappa shape index (κ3) is 4.62. The van der Waals surface area contributed by atoms with E-state index in [0.29, 0.717) is 12.3 Å². The molecule has 0 saturated heterocycles. The Kier molecular flexibility index (Phi) is 6.01. The fourth-order valence-corrected chi connectivity index (χ4v) is 2.30. The molecular formula is C20H23NO3. The minimum atomic E-state index is -0.0690. The molecule has 126 valence electrons. The van der Waals surface area contributed by atoms with Gasteiger partial charge in [-0.05, 0) is 36.8 Å². The van der Waals surface area contributed by atoms with E-state index in [1.807, 2.05) is 49.4 Å². The highest BCUT2D eigenvalue weighted by Gasteiger charge is 2.07. The van der Waals surface area contributed by atoms with Gasteiger partial charge in [0.2, 0.25) is 5.91 Å². The number of benzene rings is 2. The molecule has 0 aliphatic carbocycles. The topological polar surface area (TPSA) is 38.8 Å². The van der Waals surface area contributed by atoms with Crippen LogP contribution >= 0.6 is 0 Å². The van der Waals surface area contributed by atoms with E-state index in [2.05, 4.69) is 0 Å². The number of hydrogen-bond acceptors (Lipinski definition) is 3. The monoisotopic (exact) mass is 325 g/mol. The molecule has 2 aromatic carbocycles. The zero-order chi connectivity index (χ0) is 17.5. The van der Waals surface area contributed by atoms with Crippen molar-refractivity contribution in [2.45, 2.75) is 13.5 Å². The number of methoxy groups -OCH3 is 2. The van der Waals surface area contributed by atoms with Gasteiger partial charge in [0.25, 0.3) is 0 Å². The molecule has 0 aliphatic rings. The molecule has 0 spiro atoms. The van der Waals surface area contributed by atoms with Crippen molar-refractivity contribution in [1.82, 2.24) is 4.90 Å². The van der Waals surface area contributed by atoms with Crippen molar-refractivity contribution in [3.8, 4) is 11.5 Å². The van der Waals surface area contributed by atoms with Crippen LogP contribution in [0, 0.1) is 6.92 Å². The van der Waals surface area contributed by atoms with Crippen molar-refractivity contribution in [2.24, 2.45) is 0 Å². The highest BCUT2D eigenvalue weighted by molar-refractivity contribution is 5.92. The highest BCUT2D eigenvalue weighted by Crippen LogP contribution is 2.25. The fraction of sp³-hybridized carbons (Fsp3) is 0.250. The Morgan fingerprint density at radius 1 is 1.08 bits per heavy atom. The minimum absolute atomic E-state index is 0.0690. The van der Waals surface area contributed by atoms with E-state index in [-0.39, 0.29) is 5.91 Å². The number of carbonyl (C=O) groups excluding carboxylic acids is 1. The summed E-state index contributed by atoms with van der Waals surface area (Å²) < 4.78 is 10.5. The van der Waals surface area contributed by atoms with Crippen LogP contribution in [0.15, 0.2) is 48.5 Å². The molecule has 0 saturated carbocycles. The summed E-state index contributed by atoms with van der Waals surface area (Å²) in [4.78, 5) is 14.0. The van der Waals surface area contributed by atoms with Crippen LogP contribution in [-0.2, 0) is 11.3 Å². The molecule has 0 N–H and O–H groups in total. The SMILES string of the molecule is COc1ccc(OC)c(/C=C/C(=O)N(C)Cc2ccc(C)cc2)c1. The van der Waals surface area contributed by atoms with Crippen molar-refractivity contribution < 1.29 is 14.3 Å². The van der Waals surface area contributed by atoms with Gasteiger partial charge in [0.15, 0.2) is 0 Å². The fourth-order valence-electron chi connectivity index (χ4n) is 2.30. The van der Waals surface area contributed by atoms with E-state index in [9.17, 15) is 4.79 Å². The van der Waals surface area contributed by atoms with Crippen molar-refractivity contribution in [1.29, 1.82) is 0 Å². The molecular weight excluding hydrogens is 302 g/mol. The summed E-state index contributed by atoms with van der Waals surface area (Å²) >= 11 is 0.